The number of esters is 1. The van der Waals surface area contributed by atoms with Crippen LogP contribution in [0.5, 0.6) is 11.5 Å². The second-order valence-electron chi connectivity index (χ2n) is 8.53. The molecule has 12 heteroatoms. The fraction of sp³-hybridized carbons (Fsp3) is 0.400. The minimum Gasteiger partial charge on any atom is -0.489 e. The number of hydrogen-bond donors (Lipinski definition) is 1. The van der Waals surface area contributed by atoms with Crippen LogP contribution in [0.15, 0.2) is 42.5 Å². The van der Waals surface area contributed by atoms with Crippen molar-refractivity contribution in [3.8, 4) is 11.5 Å². The summed E-state index contributed by atoms with van der Waals surface area (Å²) in [6.45, 7) is 3.04. The summed E-state index contributed by atoms with van der Waals surface area (Å²) < 4.78 is 55.0. The number of carbonyl (C=O) groups is 3. The third kappa shape index (κ3) is 8.64. The fourth-order valence-corrected chi connectivity index (χ4v) is 3.87. The van der Waals surface area contributed by atoms with Gasteiger partial charge in [0.15, 0.2) is 5.78 Å². The normalized spacial score (nSPS) is 16.6. The zero-order valence-corrected chi connectivity index (χ0v) is 20.9. The average Bonchev–Trinajstić information content (AvgIpc) is 3.25. The Hall–Kier alpha value is -3.31. The molecule has 2 atom stereocenters. The Kier molecular flexibility index (Phi) is 9.39. The van der Waals surface area contributed by atoms with Crippen LogP contribution in [0, 0.1) is 0 Å². The van der Waals surface area contributed by atoms with Gasteiger partial charge in [-0.25, -0.2) is 4.79 Å². The van der Waals surface area contributed by atoms with Gasteiger partial charge in [0.2, 0.25) is 5.91 Å². The highest BCUT2D eigenvalue weighted by molar-refractivity contribution is 6.30. The maximum Gasteiger partial charge on any atom is 0.490 e. The summed E-state index contributed by atoms with van der Waals surface area (Å²) >= 11 is 5.88. The smallest absolute Gasteiger partial charge is 0.489 e. The third-order valence-electron chi connectivity index (χ3n) is 5.43. The van der Waals surface area contributed by atoms with Gasteiger partial charge >= 0.3 is 12.1 Å². The van der Waals surface area contributed by atoms with Crippen LogP contribution in [0.25, 0.3) is 0 Å². The van der Waals surface area contributed by atoms with Crippen LogP contribution in [0.3, 0.4) is 0 Å². The van der Waals surface area contributed by atoms with Crippen molar-refractivity contribution < 1.29 is 41.8 Å². The van der Waals surface area contributed by atoms with Crippen LogP contribution < -0.4 is 14.8 Å². The molecule has 0 bridgehead atoms. The van der Waals surface area contributed by atoms with Gasteiger partial charge in [-0.3, -0.25) is 14.5 Å². The second-order valence-corrected chi connectivity index (χ2v) is 8.96. The van der Waals surface area contributed by atoms with Crippen LogP contribution in [-0.4, -0.2) is 67.2 Å². The molecule has 1 saturated heterocycles. The number of carbonyl (C=O) groups excluding carboxylic acids is 3. The molecular formula is C25H26ClF3N2O6. The van der Waals surface area contributed by atoms with Crippen LogP contribution in [0.1, 0.15) is 30.6 Å². The van der Waals surface area contributed by atoms with Crippen molar-refractivity contribution in [1.82, 2.24) is 4.90 Å². The van der Waals surface area contributed by atoms with Gasteiger partial charge in [-0.2, -0.15) is 13.2 Å². The molecule has 2 unspecified atom stereocenters. The molecule has 0 radical (unpaired) electrons. The first-order valence-electron chi connectivity index (χ1n) is 11.4. The topological polar surface area (TPSA) is 94.2 Å². The van der Waals surface area contributed by atoms with E-state index in [9.17, 15) is 27.6 Å². The molecule has 3 rings (SSSR count). The molecule has 37 heavy (non-hydrogen) atoms. The summed E-state index contributed by atoms with van der Waals surface area (Å²) in [7, 11) is 0. The number of halogens is 4. The van der Waals surface area contributed by atoms with E-state index in [1.807, 2.05) is 4.90 Å². The molecule has 1 amide bonds. The maximum absolute atomic E-state index is 12.9. The number of nitrogens with one attached hydrogen (secondary N) is 1. The minimum absolute atomic E-state index is 0.0384. The number of alkyl halides is 3. The van der Waals surface area contributed by atoms with Gasteiger partial charge in [0.25, 0.3) is 0 Å². The fourth-order valence-electron chi connectivity index (χ4n) is 3.74. The minimum atomic E-state index is -5.17. The molecule has 0 spiro atoms. The Morgan fingerprint density at radius 1 is 1.14 bits per heavy atom. The molecule has 0 aromatic heterocycles. The molecule has 1 heterocycles. The van der Waals surface area contributed by atoms with E-state index in [-0.39, 0.29) is 29.9 Å². The van der Waals surface area contributed by atoms with E-state index in [1.165, 1.54) is 32.0 Å². The standard InChI is InChI=1S/C25H26ClF3N2O6/c1-15(32)17-3-8-23(22(11-17)30-16(2)33)35-14-21(37-24(34)25(27,28)29)13-31-10-9-20(12-31)36-19-6-4-18(26)5-7-19/h3-8,11,20-21H,9-10,12-14H2,1-2H3,(H,30,33). The van der Waals surface area contributed by atoms with E-state index in [4.69, 9.17) is 25.8 Å². The first kappa shape index (κ1) is 28.3. The maximum atomic E-state index is 12.9. The predicted octanol–water partition coefficient (Wildman–Crippen LogP) is 4.51. The molecule has 1 aliphatic heterocycles. The van der Waals surface area contributed by atoms with Crippen molar-refractivity contribution in [1.29, 1.82) is 0 Å². The summed E-state index contributed by atoms with van der Waals surface area (Å²) in [6, 6.07) is 11.1. The van der Waals surface area contributed by atoms with Crippen LogP contribution in [0.2, 0.25) is 5.02 Å². The Labute approximate surface area is 216 Å². The summed E-state index contributed by atoms with van der Waals surface area (Å²) in [6.07, 6.45) is -6.05. The average molecular weight is 543 g/mol. The predicted molar refractivity (Wildman–Crippen MR) is 129 cm³/mol. The van der Waals surface area contributed by atoms with E-state index in [1.54, 1.807) is 24.3 Å². The summed E-state index contributed by atoms with van der Waals surface area (Å²) in [4.78, 5) is 36.7. The second kappa shape index (κ2) is 12.3. The highest BCUT2D eigenvalue weighted by Gasteiger charge is 2.43. The number of ether oxygens (including phenoxy) is 3. The number of rotatable bonds is 10. The lowest BCUT2D eigenvalue weighted by Crippen LogP contribution is -2.41. The SMILES string of the molecule is CC(=O)Nc1cc(C(C)=O)ccc1OCC(CN1CCC(Oc2ccc(Cl)cc2)C1)OC(=O)C(F)(F)F. The van der Waals surface area contributed by atoms with Crippen molar-refractivity contribution in [3.63, 3.8) is 0 Å². The quantitative estimate of drug-likeness (QED) is 0.349. The monoisotopic (exact) mass is 542 g/mol. The Balaban J connectivity index is 1.68. The molecule has 0 saturated carbocycles. The first-order chi connectivity index (χ1) is 17.4. The van der Waals surface area contributed by atoms with Crippen LogP contribution in [0.4, 0.5) is 18.9 Å². The first-order valence-corrected chi connectivity index (χ1v) is 11.8. The number of hydrogen-bond acceptors (Lipinski definition) is 7. The van der Waals surface area contributed by atoms with E-state index in [2.05, 4.69) is 5.32 Å². The lowest BCUT2D eigenvalue weighted by atomic mass is 10.1. The van der Waals surface area contributed by atoms with E-state index >= 15 is 0 Å². The molecule has 2 aromatic carbocycles. The van der Waals surface area contributed by atoms with Gasteiger partial charge in [0.05, 0.1) is 5.69 Å². The summed E-state index contributed by atoms with van der Waals surface area (Å²) in [5.74, 6) is -2.30. The van der Waals surface area contributed by atoms with Gasteiger partial charge in [0.1, 0.15) is 30.3 Å². The lowest BCUT2D eigenvalue weighted by molar-refractivity contribution is -0.206. The molecule has 0 aliphatic carbocycles. The van der Waals surface area contributed by atoms with Crippen molar-refractivity contribution in [2.75, 3.05) is 31.6 Å². The third-order valence-corrected chi connectivity index (χ3v) is 5.69. The highest BCUT2D eigenvalue weighted by Crippen LogP contribution is 2.28. The molecule has 1 N–H and O–H groups in total. The molecular weight excluding hydrogens is 517 g/mol. The molecule has 2 aromatic rings. The van der Waals surface area contributed by atoms with Crippen molar-refractivity contribution in [3.05, 3.63) is 53.1 Å². The number of benzene rings is 2. The Bertz CT molecular complexity index is 1130. The number of likely N-dealkylation sites (tertiary alicyclic amines) is 1. The largest absolute Gasteiger partial charge is 0.490 e. The van der Waals surface area contributed by atoms with Gasteiger partial charge in [0, 0.05) is 37.1 Å². The van der Waals surface area contributed by atoms with Crippen molar-refractivity contribution in [2.24, 2.45) is 0 Å². The zero-order chi connectivity index (χ0) is 27.2. The van der Waals surface area contributed by atoms with E-state index in [0.717, 1.165) is 0 Å². The van der Waals surface area contributed by atoms with Gasteiger partial charge < -0.3 is 19.5 Å². The number of anilines is 1. The molecule has 1 fully saturated rings. The van der Waals surface area contributed by atoms with Gasteiger partial charge in [-0.05, 0) is 55.8 Å². The Morgan fingerprint density at radius 2 is 1.84 bits per heavy atom. The zero-order valence-electron chi connectivity index (χ0n) is 20.1. The Morgan fingerprint density at radius 3 is 2.46 bits per heavy atom. The number of nitrogens with zero attached hydrogens (tertiary/aromatic N) is 1. The summed E-state index contributed by atoms with van der Waals surface area (Å²) in [5.41, 5.74) is 0.471. The van der Waals surface area contributed by atoms with Crippen LogP contribution in [-0.2, 0) is 14.3 Å². The lowest BCUT2D eigenvalue weighted by Gasteiger charge is -2.25. The van der Waals surface area contributed by atoms with Crippen molar-refractivity contribution in [2.45, 2.75) is 38.7 Å². The number of ketones is 1. The molecule has 8 nitrogen and oxygen atoms in total. The number of amides is 1. The molecule has 200 valence electrons. The van der Waals surface area contributed by atoms with Gasteiger partial charge in [-0.1, -0.05) is 11.6 Å². The van der Waals surface area contributed by atoms with Crippen molar-refractivity contribution >= 4 is 34.9 Å². The van der Waals surface area contributed by atoms with E-state index < -0.39 is 30.8 Å². The summed E-state index contributed by atoms with van der Waals surface area (Å²) in [5, 5.41) is 3.09. The number of Topliss-reactive ketones (excluding diaryl/α,β-unsaturated/α-hetero) is 1. The van der Waals surface area contributed by atoms with E-state index in [0.29, 0.717) is 35.8 Å². The van der Waals surface area contributed by atoms with Crippen LogP contribution >= 0.6 is 11.6 Å². The highest BCUT2D eigenvalue weighted by atomic mass is 35.5. The molecule has 1 aliphatic rings. The van der Waals surface area contributed by atoms with Gasteiger partial charge in [-0.15, -0.1) is 0 Å².